The van der Waals surface area contributed by atoms with Gasteiger partial charge in [0.05, 0.1) is 12.7 Å². The van der Waals surface area contributed by atoms with E-state index in [1.807, 2.05) is 0 Å². The topological polar surface area (TPSA) is 22.1 Å². The van der Waals surface area contributed by atoms with Crippen LogP contribution in [0.15, 0.2) is 18.8 Å². The van der Waals surface area contributed by atoms with E-state index in [1.54, 1.807) is 0 Å². The monoisotopic (exact) mass is 203 g/mol. The number of ether oxygens (including phenoxy) is 1. The molecule has 0 atom stereocenters. The molecule has 1 aromatic rings. The Labute approximate surface area is 79.0 Å². The number of halogens is 3. The number of pyridine rings is 1. The molecule has 0 aromatic carbocycles. The van der Waals surface area contributed by atoms with Gasteiger partial charge in [-0.25, -0.2) is 4.98 Å². The molecule has 1 rings (SSSR count). The van der Waals surface area contributed by atoms with Crippen LogP contribution in [0, 0.1) is 0 Å². The van der Waals surface area contributed by atoms with Crippen molar-refractivity contribution in [3.63, 3.8) is 0 Å². The maximum atomic E-state index is 12.2. The lowest BCUT2D eigenvalue weighted by Crippen LogP contribution is -2.06. The number of methoxy groups -OCH3 is 1. The normalized spacial score (nSPS) is 11.1. The minimum absolute atomic E-state index is 0.132. The van der Waals surface area contributed by atoms with Gasteiger partial charge in [-0.15, -0.1) is 0 Å². The summed E-state index contributed by atoms with van der Waals surface area (Å²) in [6, 6.07) is 0.943. The van der Waals surface area contributed by atoms with Crippen LogP contribution in [-0.2, 0) is 6.18 Å². The van der Waals surface area contributed by atoms with Crippen molar-refractivity contribution >= 4 is 6.08 Å². The Morgan fingerprint density at radius 1 is 1.50 bits per heavy atom. The predicted octanol–water partition coefficient (Wildman–Crippen LogP) is 2.75. The van der Waals surface area contributed by atoms with Crippen molar-refractivity contribution < 1.29 is 17.9 Å². The molecule has 0 aliphatic rings. The molecule has 0 N–H and O–H groups in total. The Hall–Kier alpha value is -1.52. The Balaban J connectivity index is 3.21. The standard InChI is InChI=1S/C9H8F3NO/c1-3-6-4-7(9(10,11)12)5-13-8(6)14-2/h3-5H,1H2,2H3. The predicted molar refractivity (Wildman–Crippen MR) is 45.9 cm³/mol. The fraction of sp³-hybridized carbons (Fsp3) is 0.222. The second kappa shape index (κ2) is 3.69. The Bertz CT molecular complexity index is 346. The van der Waals surface area contributed by atoms with Crippen molar-refractivity contribution in [1.29, 1.82) is 0 Å². The summed E-state index contributed by atoms with van der Waals surface area (Å²) in [5.41, 5.74) is -0.587. The zero-order chi connectivity index (χ0) is 10.8. The smallest absolute Gasteiger partial charge is 0.417 e. The van der Waals surface area contributed by atoms with Gasteiger partial charge in [0.15, 0.2) is 0 Å². The summed E-state index contributed by atoms with van der Waals surface area (Å²) in [6.45, 7) is 3.38. The molecule has 2 nitrogen and oxygen atoms in total. The highest BCUT2D eigenvalue weighted by atomic mass is 19.4. The van der Waals surface area contributed by atoms with Gasteiger partial charge in [-0.05, 0) is 6.07 Å². The van der Waals surface area contributed by atoms with Crippen molar-refractivity contribution in [2.75, 3.05) is 7.11 Å². The van der Waals surface area contributed by atoms with Gasteiger partial charge < -0.3 is 4.74 Å². The number of aromatic nitrogens is 1. The third-order valence-electron chi connectivity index (χ3n) is 1.62. The summed E-state index contributed by atoms with van der Waals surface area (Å²) in [5.74, 6) is 0.132. The van der Waals surface area contributed by atoms with Gasteiger partial charge in [0.2, 0.25) is 5.88 Å². The van der Waals surface area contributed by atoms with Gasteiger partial charge in [-0.2, -0.15) is 13.2 Å². The first-order valence-corrected chi connectivity index (χ1v) is 3.72. The van der Waals surface area contributed by atoms with Crippen molar-refractivity contribution in [1.82, 2.24) is 4.98 Å². The van der Waals surface area contributed by atoms with Crippen LogP contribution in [0.25, 0.3) is 6.08 Å². The molecule has 0 amide bonds. The molecular weight excluding hydrogens is 195 g/mol. The molecule has 0 radical (unpaired) electrons. The lowest BCUT2D eigenvalue weighted by Gasteiger charge is -2.08. The average molecular weight is 203 g/mol. The number of nitrogens with zero attached hydrogens (tertiary/aromatic N) is 1. The lowest BCUT2D eigenvalue weighted by molar-refractivity contribution is -0.137. The first-order chi connectivity index (χ1) is 6.49. The van der Waals surface area contributed by atoms with Crippen molar-refractivity contribution in [3.05, 3.63) is 30.0 Å². The second-order valence-electron chi connectivity index (χ2n) is 2.52. The van der Waals surface area contributed by atoms with E-state index in [0.29, 0.717) is 0 Å². The molecule has 0 spiro atoms. The zero-order valence-corrected chi connectivity index (χ0v) is 7.43. The number of alkyl halides is 3. The van der Waals surface area contributed by atoms with E-state index in [1.165, 1.54) is 13.2 Å². The molecule has 0 unspecified atom stereocenters. The molecule has 5 heteroatoms. The highest BCUT2D eigenvalue weighted by molar-refractivity contribution is 5.54. The Morgan fingerprint density at radius 2 is 2.14 bits per heavy atom. The van der Waals surface area contributed by atoms with Gasteiger partial charge in [0.25, 0.3) is 0 Å². The van der Waals surface area contributed by atoms with Crippen LogP contribution >= 0.6 is 0 Å². The molecule has 1 heterocycles. The summed E-state index contributed by atoms with van der Waals surface area (Å²) in [6.07, 6.45) is -2.40. The average Bonchev–Trinajstić information content (AvgIpc) is 2.15. The van der Waals surface area contributed by atoms with Gasteiger partial charge in [0.1, 0.15) is 0 Å². The first-order valence-electron chi connectivity index (χ1n) is 3.72. The van der Waals surface area contributed by atoms with Crippen molar-refractivity contribution in [2.45, 2.75) is 6.18 Å². The summed E-state index contributed by atoms with van der Waals surface area (Å²) >= 11 is 0. The third-order valence-corrected chi connectivity index (χ3v) is 1.62. The van der Waals surface area contributed by atoms with E-state index in [2.05, 4.69) is 11.6 Å². The molecule has 0 saturated carbocycles. The van der Waals surface area contributed by atoms with Crippen LogP contribution in [0.5, 0.6) is 5.88 Å². The minimum atomic E-state index is -4.39. The molecule has 0 aliphatic carbocycles. The van der Waals surface area contributed by atoms with Crippen molar-refractivity contribution in [2.24, 2.45) is 0 Å². The van der Waals surface area contributed by atoms with Gasteiger partial charge in [0, 0.05) is 11.8 Å². The van der Waals surface area contributed by atoms with Gasteiger partial charge >= 0.3 is 6.18 Å². The number of rotatable bonds is 2. The van der Waals surface area contributed by atoms with E-state index in [4.69, 9.17) is 4.74 Å². The largest absolute Gasteiger partial charge is 0.481 e. The maximum Gasteiger partial charge on any atom is 0.417 e. The maximum absolute atomic E-state index is 12.2. The van der Waals surface area contributed by atoms with Crippen LogP contribution < -0.4 is 4.74 Å². The molecule has 76 valence electrons. The molecular formula is C9H8F3NO. The van der Waals surface area contributed by atoms with Crippen LogP contribution in [0.2, 0.25) is 0 Å². The lowest BCUT2D eigenvalue weighted by atomic mass is 10.2. The molecule has 1 aromatic heterocycles. The summed E-state index contributed by atoms with van der Waals surface area (Å²) in [4.78, 5) is 3.52. The quantitative estimate of drug-likeness (QED) is 0.737. The second-order valence-corrected chi connectivity index (χ2v) is 2.52. The van der Waals surface area contributed by atoms with Crippen LogP contribution in [0.1, 0.15) is 11.1 Å². The fourth-order valence-corrected chi connectivity index (χ4v) is 0.941. The van der Waals surface area contributed by atoms with E-state index in [9.17, 15) is 13.2 Å². The van der Waals surface area contributed by atoms with E-state index < -0.39 is 11.7 Å². The summed E-state index contributed by atoms with van der Waals surface area (Å²) < 4.78 is 41.4. The highest BCUT2D eigenvalue weighted by Gasteiger charge is 2.31. The molecule has 0 bridgehead atoms. The SMILES string of the molecule is C=Cc1cc(C(F)(F)F)cnc1OC. The zero-order valence-electron chi connectivity index (χ0n) is 7.43. The van der Waals surface area contributed by atoms with Gasteiger partial charge in [-0.3, -0.25) is 0 Å². The fourth-order valence-electron chi connectivity index (χ4n) is 0.941. The Kier molecular flexibility index (Phi) is 2.78. The highest BCUT2D eigenvalue weighted by Crippen LogP contribution is 2.31. The third kappa shape index (κ3) is 2.04. The molecule has 0 aliphatic heterocycles. The minimum Gasteiger partial charge on any atom is -0.481 e. The van der Waals surface area contributed by atoms with E-state index in [0.717, 1.165) is 12.3 Å². The molecule has 0 fully saturated rings. The van der Waals surface area contributed by atoms with Crippen LogP contribution in [0.4, 0.5) is 13.2 Å². The molecule has 14 heavy (non-hydrogen) atoms. The Morgan fingerprint density at radius 3 is 2.57 bits per heavy atom. The van der Waals surface area contributed by atoms with Crippen LogP contribution in [0.3, 0.4) is 0 Å². The number of hydrogen-bond acceptors (Lipinski definition) is 2. The first kappa shape index (κ1) is 10.6. The van der Waals surface area contributed by atoms with E-state index in [-0.39, 0.29) is 11.4 Å². The van der Waals surface area contributed by atoms with Crippen LogP contribution in [-0.4, -0.2) is 12.1 Å². The molecule has 0 saturated heterocycles. The van der Waals surface area contributed by atoms with Crippen molar-refractivity contribution in [3.8, 4) is 5.88 Å². The van der Waals surface area contributed by atoms with E-state index >= 15 is 0 Å². The van der Waals surface area contributed by atoms with Gasteiger partial charge in [-0.1, -0.05) is 12.7 Å². The summed E-state index contributed by atoms with van der Waals surface area (Å²) in [7, 11) is 1.34. The number of hydrogen-bond donors (Lipinski definition) is 0. The summed E-state index contributed by atoms with van der Waals surface area (Å²) in [5, 5.41) is 0.